The molecule has 0 aromatic rings. The van der Waals surface area contributed by atoms with Crippen LogP contribution in [0.15, 0.2) is 23.8 Å². The Balaban J connectivity index is 2.31. The predicted octanol–water partition coefficient (Wildman–Crippen LogP) is 4.83. The molecule has 124 valence electrons. The van der Waals surface area contributed by atoms with Crippen LogP contribution in [0.5, 0.6) is 0 Å². The summed E-state index contributed by atoms with van der Waals surface area (Å²) in [5.41, 5.74) is 2.11. The van der Waals surface area contributed by atoms with Gasteiger partial charge in [0.1, 0.15) is 6.29 Å². The zero-order valence-corrected chi connectivity index (χ0v) is 14.7. The van der Waals surface area contributed by atoms with Gasteiger partial charge in [-0.3, -0.25) is 0 Å². The molecule has 2 rings (SSSR count). The summed E-state index contributed by atoms with van der Waals surface area (Å²) in [5, 5.41) is 10.3. The predicted molar refractivity (Wildman–Crippen MR) is 91.6 cm³/mol. The van der Waals surface area contributed by atoms with E-state index in [1.54, 1.807) is 6.08 Å². The van der Waals surface area contributed by atoms with Crippen LogP contribution >= 0.6 is 0 Å². The molecule has 2 nitrogen and oxygen atoms in total. The van der Waals surface area contributed by atoms with Crippen molar-refractivity contribution in [3.63, 3.8) is 0 Å². The Morgan fingerprint density at radius 1 is 1.41 bits per heavy atom. The minimum Gasteiger partial charge on any atom is -0.386 e. The number of aliphatic hydroxyl groups is 1. The van der Waals surface area contributed by atoms with Gasteiger partial charge >= 0.3 is 0 Å². The van der Waals surface area contributed by atoms with Gasteiger partial charge in [-0.05, 0) is 63.7 Å². The van der Waals surface area contributed by atoms with Crippen LogP contribution in [0.3, 0.4) is 0 Å². The first kappa shape index (κ1) is 17.5. The molecule has 2 aliphatic carbocycles. The topological polar surface area (TPSA) is 37.3 Å². The van der Waals surface area contributed by atoms with E-state index in [1.165, 1.54) is 23.9 Å². The number of allylic oxidation sites excluding steroid dienone is 2. The van der Waals surface area contributed by atoms with E-state index in [9.17, 15) is 9.90 Å². The summed E-state index contributed by atoms with van der Waals surface area (Å²) in [6.07, 6.45) is 10.0. The zero-order valence-electron chi connectivity index (χ0n) is 14.7. The fraction of sp³-hybridized carbons (Fsp3) is 0.750. The molecule has 1 fully saturated rings. The molecule has 0 saturated heterocycles. The Bertz CT molecular complexity index is 488. The van der Waals surface area contributed by atoms with Crippen molar-refractivity contribution in [3.8, 4) is 0 Å². The quantitative estimate of drug-likeness (QED) is 0.583. The number of fused-ring (bicyclic) bond motifs is 1. The summed E-state index contributed by atoms with van der Waals surface area (Å²) in [7, 11) is 0. The van der Waals surface area contributed by atoms with Crippen molar-refractivity contribution in [3.05, 3.63) is 23.8 Å². The van der Waals surface area contributed by atoms with E-state index in [1.807, 2.05) is 6.92 Å². The average molecular weight is 304 g/mol. The van der Waals surface area contributed by atoms with Gasteiger partial charge in [0, 0.05) is 5.41 Å². The van der Waals surface area contributed by atoms with Crippen molar-refractivity contribution in [2.45, 2.75) is 78.2 Å². The van der Waals surface area contributed by atoms with Crippen LogP contribution in [-0.4, -0.2) is 17.0 Å². The van der Waals surface area contributed by atoms with Crippen LogP contribution in [0.2, 0.25) is 0 Å². The molecule has 0 radical (unpaired) electrons. The number of hydrogen-bond donors (Lipinski definition) is 1. The van der Waals surface area contributed by atoms with Crippen LogP contribution in [0.4, 0.5) is 0 Å². The minimum absolute atomic E-state index is 0.119. The molecule has 0 aliphatic heterocycles. The summed E-state index contributed by atoms with van der Waals surface area (Å²) >= 11 is 0. The lowest BCUT2D eigenvalue weighted by atomic mass is 9.49. The molecule has 0 unspecified atom stereocenters. The third-order valence-corrected chi connectivity index (χ3v) is 6.58. The molecule has 2 heteroatoms. The maximum atomic E-state index is 11.8. The summed E-state index contributed by atoms with van der Waals surface area (Å²) in [4.78, 5) is 11.8. The first-order chi connectivity index (χ1) is 10.2. The Kier molecular flexibility index (Phi) is 4.73. The van der Waals surface area contributed by atoms with E-state index in [2.05, 4.69) is 27.4 Å². The highest BCUT2D eigenvalue weighted by Gasteiger charge is 2.51. The lowest BCUT2D eigenvalue weighted by molar-refractivity contribution is -0.125. The zero-order chi connectivity index (χ0) is 16.6. The van der Waals surface area contributed by atoms with Crippen molar-refractivity contribution in [2.24, 2.45) is 16.7 Å². The lowest BCUT2D eigenvalue weighted by Gasteiger charge is -2.54. The second-order valence-electron chi connectivity index (χ2n) is 8.31. The molecule has 0 aromatic heterocycles. The van der Waals surface area contributed by atoms with Crippen molar-refractivity contribution < 1.29 is 9.90 Å². The molecule has 0 spiro atoms. The van der Waals surface area contributed by atoms with Gasteiger partial charge in [0.05, 0.1) is 5.60 Å². The molecule has 1 saturated carbocycles. The van der Waals surface area contributed by atoms with Crippen LogP contribution in [-0.2, 0) is 4.79 Å². The molecule has 0 bridgehead atoms. The van der Waals surface area contributed by atoms with Crippen molar-refractivity contribution in [1.82, 2.24) is 0 Å². The normalized spacial score (nSPS) is 38.1. The first-order valence-electron chi connectivity index (χ1n) is 8.70. The molecule has 22 heavy (non-hydrogen) atoms. The highest BCUT2D eigenvalue weighted by atomic mass is 16.3. The summed E-state index contributed by atoms with van der Waals surface area (Å²) in [5.74, 6) is 0.443. The molecule has 1 N–H and O–H groups in total. The maximum absolute atomic E-state index is 11.8. The minimum atomic E-state index is -0.806. The molecule has 4 atom stereocenters. The van der Waals surface area contributed by atoms with Gasteiger partial charge in [-0.25, -0.2) is 0 Å². The maximum Gasteiger partial charge on any atom is 0.126 e. The van der Waals surface area contributed by atoms with E-state index in [4.69, 9.17) is 0 Å². The molecular weight excluding hydrogens is 272 g/mol. The smallest absolute Gasteiger partial charge is 0.126 e. The Hall–Kier alpha value is -0.890. The molecule has 0 heterocycles. The molecular formula is C20H32O2. The van der Waals surface area contributed by atoms with E-state index in [0.717, 1.165) is 32.1 Å². The fourth-order valence-corrected chi connectivity index (χ4v) is 5.04. The van der Waals surface area contributed by atoms with Crippen LogP contribution in [0, 0.1) is 16.7 Å². The Morgan fingerprint density at radius 2 is 2.09 bits per heavy atom. The SMILES string of the molecule is C=C[C@@](C)(O)CCC1=C(C)CC[C@H]2[C@@](C)(C=O)CCC[C@]12C. The number of carbonyl (C=O) groups is 1. The number of hydrogen-bond acceptors (Lipinski definition) is 2. The summed E-state index contributed by atoms with van der Waals surface area (Å²) in [6, 6.07) is 0. The lowest BCUT2D eigenvalue weighted by Crippen LogP contribution is -2.47. The molecule has 0 amide bonds. The number of aldehydes is 1. The average Bonchev–Trinajstić information content (AvgIpc) is 2.46. The third kappa shape index (κ3) is 2.95. The van der Waals surface area contributed by atoms with E-state index < -0.39 is 5.60 Å². The van der Waals surface area contributed by atoms with Gasteiger partial charge in [0.2, 0.25) is 0 Å². The van der Waals surface area contributed by atoms with E-state index in [0.29, 0.717) is 12.3 Å². The van der Waals surface area contributed by atoms with Crippen LogP contribution < -0.4 is 0 Å². The standard InChI is InChI=1S/C20H32O2/c1-6-19(4,22)13-10-16-15(2)8-9-17-18(3,14-21)11-7-12-20(16,17)5/h6,14,17,22H,1,7-13H2,2-5H3/t17-,18+,19+,20+/m0/s1. The summed E-state index contributed by atoms with van der Waals surface area (Å²) < 4.78 is 0. The Labute approximate surface area is 135 Å². The van der Waals surface area contributed by atoms with Gasteiger partial charge in [-0.15, -0.1) is 6.58 Å². The highest BCUT2D eigenvalue weighted by Crippen LogP contribution is 2.59. The first-order valence-corrected chi connectivity index (χ1v) is 8.70. The van der Waals surface area contributed by atoms with Crippen molar-refractivity contribution in [2.75, 3.05) is 0 Å². The third-order valence-electron chi connectivity index (χ3n) is 6.58. The van der Waals surface area contributed by atoms with E-state index >= 15 is 0 Å². The molecule has 2 aliphatic rings. The fourth-order valence-electron chi connectivity index (χ4n) is 5.04. The van der Waals surface area contributed by atoms with Gasteiger partial charge in [0.15, 0.2) is 0 Å². The second-order valence-corrected chi connectivity index (χ2v) is 8.31. The van der Waals surface area contributed by atoms with Gasteiger partial charge < -0.3 is 9.90 Å². The highest BCUT2D eigenvalue weighted by molar-refractivity contribution is 5.60. The largest absolute Gasteiger partial charge is 0.386 e. The van der Waals surface area contributed by atoms with Gasteiger partial charge in [0.25, 0.3) is 0 Å². The Morgan fingerprint density at radius 3 is 2.68 bits per heavy atom. The van der Waals surface area contributed by atoms with Crippen molar-refractivity contribution in [1.29, 1.82) is 0 Å². The van der Waals surface area contributed by atoms with Crippen molar-refractivity contribution >= 4 is 6.29 Å². The van der Waals surface area contributed by atoms with Crippen LogP contribution in [0.1, 0.15) is 72.6 Å². The number of rotatable bonds is 5. The summed E-state index contributed by atoms with van der Waals surface area (Å²) in [6.45, 7) is 12.3. The molecule has 0 aromatic carbocycles. The number of carbonyl (C=O) groups excluding carboxylic acids is 1. The second kappa shape index (κ2) is 5.96. The van der Waals surface area contributed by atoms with E-state index in [-0.39, 0.29) is 10.8 Å². The van der Waals surface area contributed by atoms with Gasteiger partial charge in [-0.2, -0.15) is 0 Å². The monoisotopic (exact) mass is 304 g/mol. The van der Waals surface area contributed by atoms with Crippen LogP contribution in [0.25, 0.3) is 0 Å². The van der Waals surface area contributed by atoms with Gasteiger partial charge in [-0.1, -0.05) is 37.5 Å².